The molecule has 196 valence electrons. The first-order chi connectivity index (χ1) is 17.3. The highest BCUT2D eigenvalue weighted by molar-refractivity contribution is 7.13. The molecule has 0 radical (unpaired) electrons. The summed E-state index contributed by atoms with van der Waals surface area (Å²) < 4.78 is 13.2. The molecule has 1 aliphatic rings. The van der Waals surface area contributed by atoms with Crippen molar-refractivity contribution in [2.75, 3.05) is 31.5 Å². The van der Waals surface area contributed by atoms with Gasteiger partial charge < -0.3 is 20.4 Å². The van der Waals surface area contributed by atoms with Gasteiger partial charge in [-0.1, -0.05) is 13.8 Å². The van der Waals surface area contributed by atoms with E-state index in [4.69, 9.17) is 0 Å². The standard InChI is InChI=1S/C26H36FN5O3S/c1-4-31(5-2)14-6-7-18(3)28-23(33)15-21-17-36-26(29-21)30-24(34)16-32(22-12-13-22)25(35)19-8-10-20(27)11-9-19/h8-11,17-18,22H,4-7,12-16H2,1-3H3,(H,28,33)(H,29,30,34). The van der Waals surface area contributed by atoms with E-state index in [1.54, 1.807) is 5.38 Å². The zero-order chi connectivity index (χ0) is 26.1. The summed E-state index contributed by atoms with van der Waals surface area (Å²) in [6, 6.07) is 5.41. The average Bonchev–Trinajstić information content (AvgIpc) is 3.60. The summed E-state index contributed by atoms with van der Waals surface area (Å²) in [5.41, 5.74) is 0.936. The molecule has 1 saturated carbocycles. The number of thiazole rings is 1. The molecule has 1 atom stereocenters. The van der Waals surface area contributed by atoms with Crippen molar-refractivity contribution in [2.45, 2.75) is 65.0 Å². The number of halogens is 1. The van der Waals surface area contributed by atoms with Gasteiger partial charge in [0.05, 0.1) is 12.1 Å². The van der Waals surface area contributed by atoms with Crippen LogP contribution < -0.4 is 10.6 Å². The van der Waals surface area contributed by atoms with Crippen molar-refractivity contribution in [3.8, 4) is 0 Å². The molecule has 0 saturated heterocycles. The molecule has 1 unspecified atom stereocenters. The van der Waals surface area contributed by atoms with E-state index in [1.807, 2.05) is 6.92 Å². The number of hydrogen-bond acceptors (Lipinski definition) is 6. The summed E-state index contributed by atoms with van der Waals surface area (Å²) in [4.78, 5) is 46.1. The summed E-state index contributed by atoms with van der Waals surface area (Å²) in [5, 5.41) is 7.89. The number of rotatable bonds is 14. The van der Waals surface area contributed by atoms with E-state index in [9.17, 15) is 18.8 Å². The lowest BCUT2D eigenvalue weighted by Gasteiger charge is -2.21. The summed E-state index contributed by atoms with van der Waals surface area (Å²) in [5.74, 6) is -1.17. The fourth-order valence-corrected chi connectivity index (χ4v) is 4.72. The number of aromatic nitrogens is 1. The Morgan fingerprint density at radius 2 is 1.83 bits per heavy atom. The molecule has 3 amide bonds. The second kappa shape index (κ2) is 13.5. The second-order valence-corrected chi connectivity index (χ2v) is 10.0. The van der Waals surface area contributed by atoms with Gasteiger partial charge in [0.2, 0.25) is 11.8 Å². The van der Waals surface area contributed by atoms with E-state index in [0.29, 0.717) is 16.4 Å². The van der Waals surface area contributed by atoms with E-state index < -0.39 is 5.82 Å². The van der Waals surface area contributed by atoms with Crippen LogP contribution in [0.15, 0.2) is 29.6 Å². The van der Waals surface area contributed by atoms with Gasteiger partial charge in [0.25, 0.3) is 5.91 Å². The van der Waals surface area contributed by atoms with Crippen molar-refractivity contribution in [3.05, 3.63) is 46.7 Å². The van der Waals surface area contributed by atoms with Crippen LogP contribution in [0.3, 0.4) is 0 Å². The first-order valence-corrected chi connectivity index (χ1v) is 13.5. The molecule has 1 aliphatic carbocycles. The van der Waals surface area contributed by atoms with Crippen molar-refractivity contribution >= 4 is 34.2 Å². The number of nitrogens with zero attached hydrogens (tertiary/aromatic N) is 3. The number of carbonyl (C=O) groups is 3. The van der Waals surface area contributed by atoms with Crippen LogP contribution in [0.5, 0.6) is 0 Å². The van der Waals surface area contributed by atoms with Crippen molar-refractivity contribution in [2.24, 2.45) is 0 Å². The summed E-state index contributed by atoms with van der Waals surface area (Å²) >= 11 is 1.24. The minimum absolute atomic E-state index is 0.0119. The highest BCUT2D eigenvalue weighted by atomic mass is 32.1. The third-order valence-corrected chi connectivity index (χ3v) is 7.01. The van der Waals surface area contributed by atoms with Crippen molar-refractivity contribution < 1.29 is 18.8 Å². The molecule has 0 spiro atoms. The predicted octanol–water partition coefficient (Wildman–Crippen LogP) is 3.69. The van der Waals surface area contributed by atoms with Crippen molar-refractivity contribution in [3.63, 3.8) is 0 Å². The largest absolute Gasteiger partial charge is 0.353 e. The lowest BCUT2D eigenvalue weighted by Crippen LogP contribution is -2.39. The van der Waals surface area contributed by atoms with Crippen LogP contribution in [0.4, 0.5) is 9.52 Å². The maximum absolute atomic E-state index is 13.2. The molecule has 1 fully saturated rings. The molecule has 1 aromatic carbocycles. The Balaban J connectivity index is 1.45. The molecule has 10 heteroatoms. The van der Waals surface area contributed by atoms with Gasteiger partial charge in [0, 0.05) is 23.0 Å². The van der Waals surface area contributed by atoms with Gasteiger partial charge in [0.1, 0.15) is 12.4 Å². The second-order valence-electron chi connectivity index (χ2n) is 9.18. The van der Waals surface area contributed by atoms with Gasteiger partial charge in [0.15, 0.2) is 5.13 Å². The highest BCUT2D eigenvalue weighted by Gasteiger charge is 2.34. The van der Waals surface area contributed by atoms with Crippen molar-refractivity contribution in [1.29, 1.82) is 0 Å². The van der Waals surface area contributed by atoms with Crippen molar-refractivity contribution in [1.82, 2.24) is 20.1 Å². The first kappa shape index (κ1) is 27.7. The maximum atomic E-state index is 13.2. The number of anilines is 1. The van der Waals surface area contributed by atoms with E-state index in [1.165, 1.54) is 40.5 Å². The molecule has 2 aromatic rings. The Kier molecular flexibility index (Phi) is 10.4. The molecular formula is C26H36FN5O3S. The summed E-state index contributed by atoms with van der Waals surface area (Å²) in [6.07, 6.45) is 3.76. The number of carbonyl (C=O) groups excluding carboxylic acids is 3. The van der Waals surface area contributed by atoms with E-state index >= 15 is 0 Å². The average molecular weight is 518 g/mol. The normalized spacial score (nSPS) is 13.9. The lowest BCUT2D eigenvalue weighted by atomic mass is 10.1. The number of amides is 3. The number of hydrogen-bond donors (Lipinski definition) is 2. The zero-order valence-corrected chi connectivity index (χ0v) is 22.1. The molecule has 1 heterocycles. The maximum Gasteiger partial charge on any atom is 0.254 e. The quantitative estimate of drug-likeness (QED) is 0.399. The molecule has 2 N–H and O–H groups in total. The third kappa shape index (κ3) is 8.67. The third-order valence-electron chi connectivity index (χ3n) is 6.21. The van der Waals surface area contributed by atoms with E-state index in [0.717, 1.165) is 45.3 Å². The monoisotopic (exact) mass is 517 g/mol. The zero-order valence-electron chi connectivity index (χ0n) is 21.3. The SMILES string of the molecule is CCN(CC)CCCC(C)NC(=O)Cc1csc(NC(=O)CN(C(=O)c2ccc(F)cc2)C2CC2)n1. The first-order valence-electron chi connectivity index (χ1n) is 12.6. The van der Waals surface area contributed by atoms with E-state index in [-0.39, 0.29) is 42.8 Å². The van der Waals surface area contributed by atoms with Gasteiger partial charge in [-0.2, -0.15) is 0 Å². The van der Waals surface area contributed by atoms with Gasteiger partial charge in [-0.05, 0) is 76.5 Å². The Bertz CT molecular complexity index is 1020. The van der Waals surface area contributed by atoms with Crippen LogP contribution in [0, 0.1) is 5.82 Å². The molecule has 36 heavy (non-hydrogen) atoms. The van der Waals surface area contributed by atoms with Gasteiger partial charge in [-0.25, -0.2) is 9.37 Å². The van der Waals surface area contributed by atoms with Crippen LogP contribution in [0.25, 0.3) is 0 Å². The number of nitrogens with one attached hydrogen (secondary N) is 2. The van der Waals surface area contributed by atoms with Gasteiger partial charge in [-0.3, -0.25) is 14.4 Å². The molecule has 1 aromatic heterocycles. The predicted molar refractivity (Wildman–Crippen MR) is 140 cm³/mol. The molecule has 8 nitrogen and oxygen atoms in total. The van der Waals surface area contributed by atoms with Crippen LogP contribution in [-0.4, -0.2) is 70.8 Å². The van der Waals surface area contributed by atoms with Gasteiger partial charge in [-0.15, -0.1) is 11.3 Å². The Morgan fingerprint density at radius 3 is 2.47 bits per heavy atom. The molecular weight excluding hydrogens is 481 g/mol. The minimum atomic E-state index is -0.416. The van der Waals surface area contributed by atoms with Crippen LogP contribution >= 0.6 is 11.3 Å². The van der Waals surface area contributed by atoms with Crippen LogP contribution in [0.1, 0.15) is 62.5 Å². The Labute approximate surface area is 216 Å². The topological polar surface area (TPSA) is 94.6 Å². The fourth-order valence-electron chi connectivity index (χ4n) is 3.99. The van der Waals surface area contributed by atoms with Crippen LogP contribution in [0.2, 0.25) is 0 Å². The number of benzene rings is 1. The van der Waals surface area contributed by atoms with E-state index in [2.05, 4.69) is 34.4 Å². The smallest absolute Gasteiger partial charge is 0.254 e. The fraction of sp³-hybridized carbons (Fsp3) is 0.538. The Hall–Kier alpha value is -2.85. The Morgan fingerprint density at radius 1 is 1.14 bits per heavy atom. The minimum Gasteiger partial charge on any atom is -0.353 e. The summed E-state index contributed by atoms with van der Waals surface area (Å²) in [7, 11) is 0. The lowest BCUT2D eigenvalue weighted by molar-refractivity contribution is -0.121. The molecule has 0 aliphatic heterocycles. The molecule has 3 rings (SSSR count). The highest BCUT2D eigenvalue weighted by Crippen LogP contribution is 2.28. The van der Waals surface area contributed by atoms with Crippen LogP contribution in [-0.2, 0) is 16.0 Å². The summed E-state index contributed by atoms with van der Waals surface area (Å²) in [6.45, 7) is 9.28. The van der Waals surface area contributed by atoms with Gasteiger partial charge >= 0.3 is 0 Å². The molecule has 0 bridgehead atoms.